The lowest BCUT2D eigenvalue weighted by Gasteiger charge is -2.06. The van der Waals surface area contributed by atoms with Crippen molar-refractivity contribution in [1.82, 2.24) is 4.98 Å². The second-order valence-corrected chi connectivity index (χ2v) is 3.67. The van der Waals surface area contributed by atoms with Crippen LogP contribution in [-0.4, -0.2) is 16.1 Å². The van der Waals surface area contributed by atoms with Gasteiger partial charge in [0.05, 0.1) is 6.42 Å². The van der Waals surface area contributed by atoms with Gasteiger partial charge in [-0.25, -0.2) is 0 Å². The minimum absolute atomic E-state index is 0.244. The van der Waals surface area contributed by atoms with Crippen LogP contribution >= 0.6 is 0 Å². The lowest BCUT2D eigenvalue weighted by Crippen LogP contribution is -2.18. The van der Waals surface area contributed by atoms with Crippen molar-refractivity contribution in [3.63, 3.8) is 0 Å². The molecule has 0 aliphatic carbocycles. The maximum absolute atomic E-state index is 11.7. The predicted molar refractivity (Wildman–Crippen MR) is 60.6 cm³/mol. The minimum Gasteiger partial charge on any atom is -0.481 e. The van der Waals surface area contributed by atoms with Crippen LogP contribution in [0.2, 0.25) is 0 Å². The zero-order chi connectivity index (χ0) is 11.7. The molecule has 0 unspecified atom stereocenters. The number of aromatic amines is 1. The molecule has 0 aliphatic heterocycles. The Bertz CT molecular complexity index is 613. The first-order valence-corrected chi connectivity index (χ1v) is 4.92. The van der Waals surface area contributed by atoms with Crippen molar-refractivity contribution in [2.75, 3.05) is 0 Å². The number of H-pyrrole nitrogens is 1. The highest BCUT2D eigenvalue weighted by Gasteiger charge is 2.11. The molecule has 4 nitrogen and oxygen atoms in total. The number of para-hydroxylation sites is 1. The number of aliphatic carboxylic acids is 1. The molecule has 1 aromatic carbocycles. The molecule has 4 heteroatoms. The summed E-state index contributed by atoms with van der Waals surface area (Å²) in [7, 11) is 0. The molecule has 82 valence electrons. The molecule has 2 rings (SSSR count). The number of rotatable bonds is 2. The van der Waals surface area contributed by atoms with Gasteiger partial charge in [0.25, 0.3) is 5.56 Å². The third-order valence-electron chi connectivity index (χ3n) is 2.63. The molecule has 16 heavy (non-hydrogen) atoms. The van der Waals surface area contributed by atoms with Crippen molar-refractivity contribution in [2.45, 2.75) is 13.3 Å². The molecule has 2 N–H and O–H groups in total. The van der Waals surface area contributed by atoms with Gasteiger partial charge in [-0.2, -0.15) is 0 Å². The number of nitrogens with one attached hydrogen (secondary N) is 1. The molecule has 2 aromatic rings. The maximum atomic E-state index is 11.7. The van der Waals surface area contributed by atoms with Gasteiger partial charge in [-0.1, -0.05) is 18.2 Å². The summed E-state index contributed by atoms with van der Waals surface area (Å²) in [6.45, 7) is 1.77. The number of carboxylic acid groups (broad SMARTS) is 1. The van der Waals surface area contributed by atoms with Crippen LogP contribution in [-0.2, 0) is 11.2 Å². The molecule has 0 amide bonds. The van der Waals surface area contributed by atoms with E-state index in [9.17, 15) is 9.59 Å². The minimum atomic E-state index is -0.996. The van der Waals surface area contributed by atoms with Gasteiger partial charge in [0.1, 0.15) is 0 Å². The van der Waals surface area contributed by atoms with Crippen LogP contribution in [0.3, 0.4) is 0 Å². The van der Waals surface area contributed by atoms with Crippen LogP contribution in [0.25, 0.3) is 10.9 Å². The summed E-state index contributed by atoms with van der Waals surface area (Å²) in [6.07, 6.45) is -0.244. The maximum Gasteiger partial charge on any atom is 0.308 e. The number of carboxylic acids is 1. The highest BCUT2D eigenvalue weighted by molar-refractivity contribution is 5.84. The molecule has 0 bridgehead atoms. The van der Waals surface area contributed by atoms with E-state index in [0.29, 0.717) is 5.56 Å². The fourth-order valence-electron chi connectivity index (χ4n) is 1.81. The van der Waals surface area contributed by atoms with Crippen molar-refractivity contribution in [3.05, 3.63) is 45.7 Å². The first kappa shape index (κ1) is 10.4. The van der Waals surface area contributed by atoms with E-state index in [1.165, 1.54) is 0 Å². The molecular formula is C12H11NO3. The van der Waals surface area contributed by atoms with E-state index < -0.39 is 5.97 Å². The number of carbonyl (C=O) groups is 1. The second-order valence-electron chi connectivity index (χ2n) is 3.67. The normalized spacial score (nSPS) is 10.6. The van der Waals surface area contributed by atoms with Gasteiger partial charge < -0.3 is 10.1 Å². The average Bonchev–Trinajstić information content (AvgIpc) is 2.24. The molecule has 0 aliphatic rings. The van der Waals surface area contributed by atoms with Gasteiger partial charge in [0.2, 0.25) is 0 Å². The van der Waals surface area contributed by atoms with Crippen molar-refractivity contribution in [3.8, 4) is 0 Å². The van der Waals surface area contributed by atoms with Crippen molar-refractivity contribution >= 4 is 16.9 Å². The number of aromatic nitrogens is 1. The number of fused-ring (bicyclic) bond motifs is 1. The van der Waals surface area contributed by atoms with Gasteiger partial charge >= 0.3 is 5.97 Å². The van der Waals surface area contributed by atoms with E-state index in [-0.39, 0.29) is 12.0 Å². The summed E-state index contributed by atoms with van der Waals surface area (Å²) in [4.78, 5) is 25.0. The topological polar surface area (TPSA) is 70.2 Å². The highest BCUT2D eigenvalue weighted by Crippen LogP contribution is 2.16. The van der Waals surface area contributed by atoms with E-state index in [0.717, 1.165) is 16.5 Å². The van der Waals surface area contributed by atoms with Crippen molar-refractivity contribution in [2.24, 2.45) is 0 Å². The SMILES string of the molecule is Cc1c(CC(=O)O)c(=O)[nH]c2ccccc12. The third kappa shape index (κ3) is 1.69. The zero-order valence-electron chi connectivity index (χ0n) is 8.78. The molecule has 0 radical (unpaired) electrons. The smallest absolute Gasteiger partial charge is 0.308 e. The van der Waals surface area contributed by atoms with Gasteiger partial charge in [-0.3, -0.25) is 9.59 Å². The van der Waals surface area contributed by atoms with E-state index in [4.69, 9.17) is 5.11 Å². The second kappa shape index (κ2) is 3.81. The monoisotopic (exact) mass is 217 g/mol. The Morgan fingerprint density at radius 3 is 2.75 bits per heavy atom. The Labute approximate surface area is 91.5 Å². The first-order valence-electron chi connectivity index (χ1n) is 4.92. The average molecular weight is 217 g/mol. The zero-order valence-corrected chi connectivity index (χ0v) is 8.78. The summed E-state index contributed by atoms with van der Waals surface area (Å²) in [5.74, 6) is -0.996. The van der Waals surface area contributed by atoms with E-state index in [1.807, 2.05) is 18.2 Å². The van der Waals surface area contributed by atoms with Crippen LogP contribution in [0.1, 0.15) is 11.1 Å². The van der Waals surface area contributed by atoms with Gasteiger partial charge in [0.15, 0.2) is 0 Å². The van der Waals surface area contributed by atoms with Gasteiger partial charge in [-0.05, 0) is 18.6 Å². The van der Waals surface area contributed by atoms with Crippen LogP contribution < -0.4 is 5.56 Å². The largest absolute Gasteiger partial charge is 0.481 e. The molecule has 0 fully saturated rings. The molecule has 0 spiro atoms. The molecular weight excluding hydrogens is 206 g/mol. The Morgan fingerprint density at radius 1 is 1.38 bits per heavy atom. The van der Waals surface area contributed by atoms with Crippen LogP contribution in [0.15, 0.2) is 29.1 Å². The number of hydrogen-bond acceptors (Lipinski definition) is 2. The summed E-state index contributed by atoms with van der Waals surface area (Å²) in [5, 5.41) is 9.62. The first-order chi connectivity index (χ1) is 7.59. The molecule has 0 saturated heterocycles. The molecule has 0 saturated carbocycles. The van der Waals surface area contributed by atoms with Crippen molar-refractivity contribution < 1.29 is 9.90 Å². The standard InChI is InChI=1S/C12H11NO3/c1-7-8-4-2-3-5-10(8)13-12(16)9(7)6-11(14)15/h2-5H,6H2,1H3,(H,13,16)(H,14,15). The third-order valence-corrected chi connectivity index (χ3v) is 2.63. The Balaban J connectivity index is 2.75. The number of benzene rings is 1. The van der Waals surface area contributed by atoms with E-state index in [1.54, 1.807) is 13.0 Å². The summed E-state index contributed by atoms with van der Waals surface area (Å²) < 4.78 is 0. The Hall–Kier alpha value is -2.10. The lowest BCUT2D eigenvalue weighted by atomic mass is 10.0. The van der Waals surface area contributed by atoms with Gasteiger partial charge in [0, 0.05) is 16.5 Å². The molecule has 0 atom stereocenters. The lowest BCUT2D eigenvalue weighted by molar-refractivity contribution is -0.136. The molecule has 1 heterocycles. The Morgan fingerprint density at radius 2 is 2.06 bits per heavy atom. The van der Waals surface area contributed by atoms with Crippen LogP contribution in [0, 0.1) is 6.92 Å². The van der Waals surface area contributed by atoms with E-state index >= 15 is 0 Å². The summed E-state index contributed by atoms with van der Waals surface area (Å²) in [5.41, 5.74) is 1.48. The van der Waals surface area contributed by atoms with Crippen LogP contribution in [0.5, 0.6) is 0 Å². The summed E-state index contributed by atoms with van der Waals surface area (Å²) in [6, 6.07) is 7.35. The summed E-state index contributed by atoms with van der Waals surface area (Å²) >= 11 is 0. The highest BCUT2D eigenvalue weighted by atomic mass is 16.4. The molecule has 1 aromatic heterocycles. The fraction of sp³-hybridized carbons (Fsp3) is 0.167. The number of aryl methyl sites for hydroxylation is 1. The number of hydrogen-bond donors (Lipinski definition) is 2. The Kier molecular flexibility index (Phi) is 2.48. The van der Waals surface area contributed by atoms with E-state index in [2.05, 4.69) is 4.98 Å². The van der Waals surface area contributed by atoms with Crippen LogP contribution in [0.4, 0.5) is 0 Å². The quantitative estimate of drug-likeness (QED) is 0.800. The number of pyridine rings is 1. The van der Waals surface area contributed by atoms with Crippen molar-refractivity contribution in [1.29, 1.82) is 0 Å². The van der Waals surface area contributed by atoms with Gasteiger partial charge in [-0.15, -0.1) is 0 Å². The predicted octanol–water partition coefficient (Wildman–Crippen LogP) is 1.46. The fourth-order valence-corrected chi connectivity index (χ4v) is 1.81.